The van der Waals surface area contributed by atoms with Crippen molar-refractivity contribution >= 4 is 34.5 Å². The molecule has 0 saturated heterocycles. The van der Waals surface area contributed by atoms with Gasteiger partial charge in [0.1, 0.15) is 5.69 Å². The predicted octanol–water partition coefficient (Wildman–Crippen LogP) is 5.19. The van der Waals surface area contributed by atoms with Crippen molar-refractivity contribution in [2.45, 2.75) is 12.8 Å². The minimum atomic E-state index is -0.256. The minimum absolute atomic E-state index is 0.0297. The minimum Gasteiger partial charge on any atom is -0.321 e. The number of nitrogens with zero attached hydrogens (tertiary/aromatic N) is 2. The molecule has 158 valence electrons. The Morgan fingerprint density at radius 2 is 1.69 bits per heavy atom. The van der Waals surface area contributed by atoms with Crippen molar-refractivity contribution < 1.29 is 9.59 Å². The molecule has 1 aliphatic rings. The summed E-state index contributed by atoms with van der Waals surface area (Å²) >= 11 is 1.48. The Kier molecular flexibility index (Phi) is 5.52. The number of amides is 2. The zero-order chi connectivity index (χ0) is 21.9. The predicted molar refractivity (Wildman–Crippen MR) is 128 cm³/mol. The van der Waals surface area contributed by atoms with E-state index < -0.39 is 0 Å². The Labute approximate surface area is 190 Å². The van der Waals surface area contributed by atoms with Crippen LogP contribution in [0.5, 0.6) is 0 Å². The molecular weight excluding hydrogens is 418 g/mol. The summed E-state index contributed by atoms with van der Waals surface area (Å²) in [4.78, 5) is 31.8. The lowest BCUT2D eigenvalue weighted by Gasteiger charge is -2.17. The molecule has 2 amide bonds. The molecule has 5 nitrogen and oxygen atoms in total. The van der Waals surface area contributed by atoms with Crippen LogP contribution in [0.3, 0.4) is 0 Å². The van der Waals surface area contributed by atoms with Gasteiger partial charge in [-0.05, 0) is 47.9 Å². The topological polar surface area (TPSA) is 62.3 Å². The molecule has 1 aromatic heterocycles. The molecule has 0 unspecified atom stereocenters. The summed E-state index contributed by atoms with van der Waals surface area (Å²) in [5, 5.41) is 5.54. The Bertz CT molecular complexity index is 1270. The number of anilines is 2. The molecule has 0 radical (unpaired) electrons. The average molecular weight is 440 g/mol. The number of para-hydroxylation sites is 1. The first-order chi connectivity index (χ1) is 15.7. The highest BCUT2D eigenvalue weighted by Crippen LogP contribution is 2.29. The molecule has 2 heterocycles. The second-order valence-corrected chi connectivity index (χ2v) is 8.60. The van der Waals surface area contributed by atoms with Gasteiger partial charge in [0.25, 0.3) is 11.8 Å². The van der Waals surface area contributed by atoms with Crippen molar-refractivity contribution in [2.24, 2.45) is 0 Å². The molecule has 0 bridgehead atoms. The Morgan fingerprint density at radius 1 is 0.938 bits per heavy atom. The van der Waals surface area contributed by atoms with Gasteiger partial charge in [-0.15, -0.1) is 11.3 Å². The third-order valence-electron chi connectivity index (χ3n) is 5.50. The van der Waals surface area contributed by atoms with Crippen LogP contribution in [0.2, 0.25) is 0 Å². The number of aromatic nitrogens is 1. The third kappa shape index (κ3) is 4.18. The molecule has 4 aromatic rings. The number of thiazole rings is 1. The van der Waals surface area contributed by atoms with E-state index in [9.17, 15) is 9.59 Å². The fourth-order valence-corrected chi connectivity index (χ4v) is 4.67. The molecule has 0 fully saturated rings. The highest BCUT2D eigenvalue weighted by molar-refractivity contribution is 7.09. The highest BCUT2D eigenvalue weighted by atomic mass is 32.1. The van der Waals surface area contributed by atoms with E-state index in [1.165, 1.54) is 16.9 Å². The van der Waals surface area contributed by atoms with Gasteiger partial charge in [0.2, 0.25) is 0 Å². The number of rotatable bonds is 5. The van der Waals surface area contributed by atoms with Gasteiger partial charge in [-0.2, -0.15) is 0 Å². The van der Waals surface area contributed by atoms with Gasteiger partial charge in [-0.3, -0.25) is 9.59 Å². The maximum atomic E-state index is 12.9. The second-order valence-electron chi connectivity index (χ2n) is 7.66. The van der Waals surface area contributed by atoms with E-state index >= 15 is 0 Å². The van der Waals surface area contributed by atoms with Gasteiger partial charge in [-0.1, -0.05) is 48.5 Å². The number of carbonyl (C=O) groups is 2. The van der Waals surface area contributed by atoms with Crippen LogP contribution in [0.25, 0.3) is 0 Å². The Morgan fingerprint density at radius 3 is 2.50 bits per heavy atom. The summed E-state index contributed by atoms with van der Waals surface area (Å²) in [7, 11) is 0. The molecule has 5 rings (SSSR count). The number of carbonyl (C=O) groups excluding carboxylic acids is 2. The first-order valence-corrected chi connectivity index (χ1v) is 11.3. The smallest absolute Gasteiger partial charge is 0.275 e. The van der Waals surface area contributed by atoms with Gasteiger partial charge < -0.3 is 10.2 Å². The molecule has 1 aliphatic heterocycles. The van der Waals surface area contributed by atoms with Gasteiger partial charge in [0, 0.05) is 35.3 Å². The average Bonchev–Trinajstić information content (AvgIpc) is 3.47. The fourth-order valence-electron chi connectivity index (χ4n) is 3.86. The monoisotopic (exact) mass is 439 g/mol. The van der Waals surface area contributed by atoms with Crippen molar-refractivity contribution in [1.29, 1.82) is 0 Å². The van der Waals surface area contributed by atoms with Crippen LogP contribution in [0.15, 0.2) is 84.2 Å². The van der Waals surface area contributed by atoms with Crippen molar-refractivity contribution in [1.82, 2.24) is 4.98 Å². The van der Waals surface area contributed by atoms with E-state index in [1.807, 2.05) is 53.4 Å². The van der Waals surface area contributed by atoms with Gasteiger partial charge in [-0.25, -0.2) is 4.98 Å². The third-order valence-corrected chi connectivity index (χ3v) is 6.35. The van der Waals surface area contributed by atoms with Crippen LogP contribution in [-0.4, -0.2) is 23.3 Å². The number of fused-ring (bicyclic) bond motifs is 1. The van der Waals surface area contributed by atoms with Crippen molar-refractivity contribution in [3.8, 4) is 0 Å². The SMILES string of the molecule is O=C(Nc1ccc(C(=O)N2CCc3ccccc32)cc1)c1csc(Cc2ccccc2)n1. The van der Waals surface area contributed by atoms with Gasteiger partial charge in [0.05, 0.1) is 5.01 Å². The van der Waals surface area contributed by atoms with Crippen LogP contribution in [0.4, 0.5) is 11.4 Å². The van der Waals surface area contributed by atoms with Crippen LogP contribution in [-0.2, 0) is 12.8 Å². The molecule has 32 heavy (non-hydrogen) atoms. The lowest BCUT2D eigenvalue weighted by Crippen LogP contribution is -2.28. The quantitative estimate of drug-likeness (QED) is 0.466. The van der Waals surface area contributed by atoms with Crippen molar-refractivity contribution in [3.05, 3.63) is 112 Å². The van der Waals surface area contributed by atoms with Crippen LogP contribution in [0, 0.1) is 0 Å². The number of hydrogen-bond acceptors (Lipinski definition) is 4. The van der Waals surface area contributed by atoms with Gasteiger partial charge in [0.15, 0.2) is 0 Å². The number of benzene rings is 3. The molecule has 3 aromatic carbocycles. The van der Waals surface area contributed by atoms with Gasteiger partial charge >= 0.3 is 0 Å². The Hall–Kier alpha value is -3.77. The summed E-state index contributed by atoms with van der Waals surface area (Å²) in [5.41, 5.74) is 4.96. The summed E-state index contributed by atoms with van der Waals surface area (Å²) in [6, 6.07) is 25.1. The zero-order valence-corrected chi connectivity index (χ0v) is 18.1. The van der Waals surface area contributed by atoms with Crippen molar-refractivity contribution in [3.63, 3.8) is 0 Å². The van der Waals surface area contributed by atoms with E-state index in [2.05, 4.69) is 16.4 Å². The summed E-state index contributed by atoms with van der Waals surface area (Å²) in [6.45, 7) is 0.686. The molecular formula is C26H21N3O2S. The number of nitrogens with one attached hydrogen (secondary N) is 1. The summed E-state index contributed by atoms with van der Waals surface area (Å²) in [5.74, 6) is -0.286. The zero-order valence-electron chi connectivity index (χ0n) is 17.3. The molecule has 0 saturated carbocycles. The maximum absolute atomic E-state index is 12.9. The van der Waals surface area contributed by atoms with Crippen LogP contribution < -0.4 is 10.2 Å². The molecule has 0 atom stereocenters. The lowest BCUT2D eigenvalue weighted by molar-refractivity contribution is 0.0988. The van der Waals surface area contributed by atoms with E-state index in [0.717, 1.165) is 22.7 Å². The van der Waals surface area contributed by atoms with Crippen LogP contribution in [0.1, 0.15) is 37.0 Å². The van der Waals surface area contributed by atoms with Crippen LogP contribution >= 0.6 is 11.3 Å². The standard InChI is InChI=1S/C26H21N3O2S/c30-25(22-17-32-24(28-22)16-18-6-2-1-3-7-18)27-21-12-10-20(11-13-21)26(31)29-15-14-19-8-4-5-9-23(19)29/h1-13,17H,14-16H2,(H,27,30). The first kappa shape index (κ1) is 20.2. The normalized spacial score (nSPS) is 12.4. The lowest BCUT2D eigenvalue weighted by atomic mass is 10.1. The maximum Gasteiger partial charge on any atom is 0.275 e. The number of hydrogen-bond donors (Lipinski definition) is 1. The van der Waals surface area contributed by atoms with E-state index in [4.69, 9.17) is 0 Å². The van der Waals surface area contributed by atoms with Crippen molar-refractivity contribution in [2.75, 3.05) is 16.8 Å². The van der Waals surface area contributed by atoms with E-state index in [0.29, 0.717) is 29.9 Å². The molecule has 6 heteroatoms. The van der Waals surface area contributed by atoms with E-state index in [1.54, 1.807) is 29.6 Å². The largest absolute Gasteiger partial charge is 0.321 e. The van der Waals surface area contributed by atoms with E-state index in [-0.39, 0.29) is 11.8 Å². The first-order valence-electron chi connectivity index (χ1n) is 10.5. The molecule has 0 aliphatic carbocycles. The Balaban J connectivity index is 1.23. The molecule has 1 N–H and O–H groups in total. The summed E-state index contributed by atoms with van der Waals surface area (Å²) in [6.07, 6.45) is 1.57. The summed E-state index contributed by atoms with van der Waals surface area (Å²) < 4.78 is 0. The highest BCUT2D eigenvalue weighted by Gasteiger charge is 2.25. The molecule has 0 spiro atoms. The second kappa shape index (κ2) is 8.77. The fraction of sp³-hybridized carbons (Fsp3) is 0.115.